The number of hydrogen-bond donors (Lipinski definition) is 2. The summed E-state index contributed by atoms with van der Waals surface area (Å²) in [6.07, 6.45) is 0. The van der Waals surface area contributed by atoms with Crippen LogP contribution in [-0.4, -0.2) is 52.6 Å². The van der Waals surface area contributed by atoms with Crippen molar-refractivity contribution in [2.45, 2.75) is 4.90 Å². The average Bonchev–Trinajstić information content (AvgIpc) is 2.63. The first-order valence-corrected chi connectivity index (χ1v) is 9.72. The van der Waals surface area contributed by atoms with Crippen molar-refractivity contribution in [3.63, 3.8) is 0 Å². The summed E-state index contributed by atoms with van der Waals surface area (Å²) >= 11 is 0. The van der Waals surface area contributed by atoms with E-state index in [0.29, 0.717) is 11.4 Å². The molecule has 128 valence electrons. The monoisotopic (exact) mass is 345 g/mol. The van der Waals surface area contributed by atoms with Crippen molar-refractivity contribution in [1.82, 2.24) is 14.9 Å². The van der Waals surface area contributed by atoms with E-state index >= 15 is 0 Å². The lowest BCUT2D eigenvalue weighted by atomic mass is 10.1. The van der Waals surface area contributed by atoms with Crippen molar-refractivity contribution < 1.29 is 8.42 Å². The van der Waals surface area contributed by atoms with Gasteiger partial charge in [0, 0.05) is 39.3 Å². The molecule has 1 heterocycles. The predicted molar refractivity (Wildman–Crippen MR) is 96.4 cm³/mol. The van der Waals surface area contributed by atoms with Crippen molar-refractivity contribution in [1.29, 1.82) is 0 Å². The highest BCUT2D eigenvalue weighted by atomic mass is 32.2. The first kappa shape index (κ1) is 17.1. The van der Waals surface area contributed by atoms with E-state index in [9.17, 15) is 8.42 Å². The predicted octanol–water partition coefficient (Wildman–Crippen LogP) is 1.54. The van der Waals surface area contributed by atoms with Crippen LogP contribution < -0.4 is 10.0 Å². The van der Waals surface area contributed by atoms with Crippen molar-refractivity contribution in [3.05, 3.63) is 54.6 Å². The molecule has 0 atom stereocenters. The van der Waals surface area contributed by atoms with E-state index in [-0.39, 0.29) is 0 Å². The summed E-state index contributed by atoms with van der Waals surface area (Å²) in [5.41, 5.74) is 2.09. The summed E-state index contributed by atoms with van der Waals surface area (Å²) in [5.74, 6) is 0. The molecule has 1 saturated heterocycles. The minimum Gasteiger partial charge on any atom is -0.314 e. The minimum absolute atomic E-state index is 0.308. The molecule has 0 aromatic heterocycles. The Labute approximate surface area is 143 Å². The number of piperazine rings is 1. The molecule has 0 saturated carbocycles. The van der Waals surface area contributed by atoms with Crippen molar-refractivity contribution in [2.75, 3.05) is 39.3 Å². The second-order valence-electron chi connectivity index (χ2n) is 5.88. The maximum Gasteiger partial charge on any atom is 0.240 e. The van der Waals surface area contributed by atoms with E-state index in [4.69, 9.17) is 0 Å². The van der Waals surface area contributed by atoms with Gasteiger partial charge in [-0.15, -0.1) is 0 Å². The fourth-order valence-corrected chi connectivity index (χ4v) is 3.83. The van der Waals surface area contributed by atoms with Crippen LogP contribution in [0.15, 0.2) is 59.5 Å². The van der Waals surface area contributed by atoms with Gasteiger partial charge in [-0.2, -0.15) is 0 Å². The molecule has 0 radical (unpaired) electrons. The second-order valence-corrected chi connectivity index (χ2v) is 7.65. The van der Waals surface area contributed by atoms with Crippen LogP contribution in [0.1, 0.15) is 0 Å². The van der Waals surface area contributed by atoms with Gasteiger partial charge < -0.3 is 5.32 Å². The quantitative estimate of drug-likeness (QED) is 0.834. The van der Waals surface area contributed by atoms with Crippen LogP contribution in [0.25, 0.3) is 11.1 Å². The summed E-state index contributed by atoms with van der Waals surface area (Å²) in [6, 6.07) is 16.9. The summed E-state index contributed by atoms with van der Waals surface area (Å²) in [6.45, 7) is 5.04. The van der Waals surface area contributed by atoms with Crippen LogP contribution in [0.4, 0.5) is 0 Å². The SMILES string of the molecule is O=S(=O)(NCCN1CCNCC1)c1ccc(-c2ccccc2)cc1. The van der Waals surface area contributed by atoms with E-state index in [2.05, 4.69) is 14.9 Å². The molecule has 2 aromatic rings. The van der Waals surface area contributed by atoms with Crippen LogP contribution in [0.3, 0.4) is 0 Å². The maximum atomic E-state index is 12.4. The van der Waals surface area contributed by atoms with Crippen molar-refractivity contribution in [3.8, 4) is 11.1 Å². The Hall–Kier alpha value is -1.73. The highest BCUT2D eigenvalue weighted by Gasteiger charge is 2.15. The van der Waals surface area contributed by atoms with E-state index in [1.807, 2.05) is 42.5 Å². The standard InChI is InChI=1S/C18H23N3O2S/c22-24(23,20-12-15-21-13-10-19-11-14-21)18-8-6-17(7-9-18)16-4-2-1-3-5-16/h1-9,19-20H,10-15H2. The van der Waals surface area contributed by atoms with E-state index < -0.39 is 10.0 Å². The van der Waals surface area contributed by atoms with Gasteiger partial charge in [-0.1, -0.05) is 42.5 Å². The number of rotatable bonds is 6. The lowest BCUT2D eigenvalue weighted by molar-refractivity contribution is 0.245. The normalized spacial score (nSPS) is 16.2. The molecule has 0 bridgehead atoms. The van der Waals surface area contributed by atoms with E-state index in [0.717, 1.165) is 43.9 Å². The topological polar surface area (TPSA) is 61.4 Å². The first-order chi connectivity index (χ1) is 11.6. The molecule has 3 rings (SSSR count). The Balaban J connectivity index is 1.60. The third-order valence-corrected chi connectivity index (χ3v) is 5.68. The summed E-state index contributed by atoms with van der Waals surface area (Å²) < 4.78 is 27.5. The van der Waals surface area contributed by atoms with Gasteiger partial charge in [-0.3, -0.25) is 4.90 Å². The molecule has 6 heteroatoms. The van der Waals surface area contributed by atoms with E-state index in [1.165, 1.54) is 0 Å². The number of sulfonamides is 1. The van der Waals surface area contributed by atoms with Gasteiger partial charge in [0.15, 0.2) is 0 Å². The van der Waals surface area contributed by atoms with Gasteiger partial charge in [-0.05, 0) is 23.3 Å². The molecule has 0 spiro atoms. The Kier molecular flexibility index (Phi) is 5.63. The number of nitrogens with zero attached hydrogens (tertiary/aromatic N) is 1. The summed E-state index contributed by atoms with van der Waals surface area (Å²) in [4.78, 5) is 2.57. The molecular formula is C18H23N3O2S. The third-order valence-electron chi connectivity index (χ3n) is 4.20. The molecule has 0 amide bonds. The molecule has 0 aliphatic carbocycles. The maximum absolute atomic E-state index is 12.4. The van der Waals surface area contributed by atoms with E-state index in [1.54, 1.807) is 12.1 Å². The Morgan fingerprint density at radius 1 is 0.917 bits per heavy atom. The Morgan fingerprint density at radius 3 is 2.21 bits per heavy atom. The van der Waals surface area contributed by atoms with Crippen molar-refractivity contribution in [2.24, 2.45) is 0 Å². The van der Waals surface area contributed by atoms with Gasteiger partial charge in [0.25, 0.3) is 0 Å². The molecular weight excluding hydrogens is 322 g/mol. The minimum atomic E-state index is -3.45. The lowest BCUT2D eigenvalue weighted by Crippen LogP contribution is -2.46. The largest absolute Gasteiger partial charge is 0.314 e. The van der Waals surface area contributed by atoms with Crippen LogP contribution in [0, 0.1) is 0 Å². The molecule has 24 heavy (non-hydrogen) atoms. The average molecular weight is 345 g/mol. The highest BCUT2D eigenvalue weighted by Crippen LogP contribution is 2.20. The fourth-order valence-electron chi connectivity index (χ4n) is 2.81. The zero-order chi connectivity index (χ0) is 16.8. The van der Waals surface area contributed by atoms with Crippen molar-refractivity contribution >= 4 is 10.0 Å². The zero-order valence-corrected chi connectivity index (χ0v) is 14.4. The van der Waals surface area contributed by atoms with Gasteiger partial charge >= 0.3 is 0 Å². The van der Waals surface area contributed by atoms with Crippen LogP contribution in [0.2, 0.25) is 0 Å². The summed E-state index contributed by atoms with van der Waals surface area (Å²) in [5, 5.41) is 3.29. The zero-order valence-electron chi connectivity index (χ0n) is 13.6. The van der Waals surface area contributed by atoms with Crippen LogP contribution in [0.5, 0.6) is 0 Å². The van der Waals surface area contributed by atoms with Gasteiger partial charge in [0.1, 0.15) is 0 Å². The van der Waals surface area contributed by atoms with Gasteiger partial charge in [0.05, 0.1) is 4.90 Å². The van der Waals surface area contributed by atoms with Gasteiger partial charge in [0.2, 0.25) is 10.0 Å². The lowest BCUT2D eigenvalue weighted by Gasteiger charge is -2.27. The molecule has 1 fully saturated rings. The molecule has 1 aliphatic heterocycles. The molecule has 2 aromatic carbocycles. The fraction of sp³-hybridized carbons (Fsp3) is 0.333. The smallest absolute Gasteiger partial charge is 0.240 e. The second kappa shape index (κ2) is 7.90. The third kappa shape index (κ3) is 4.42. The number of nitrogens with one attached hydrogen (secondary N) is 2. The number of hydrogen-bond acceptors (Lipinski definition) is 4. The summed E-state index contributed by atoms with van der Waals surface area (Å²) in [7, 11) is -3.45. The first-order valence-electron chi connectivity index (χ1n) is 8.23. The van der Waals surface area contributed by atoms with Crippen LogP contribution >= 0.6 is 0 Å². The molecule has 5 nitrogen and oxygen atoms in total. The number of benzene rings is 2. The van der Waals surface area contributed by atoms with Gasteiger partial charge in [-0.25, -0.2) is 13.1 Å². The highest BCUT2D eigenvalue weighted by molar-refractivity contribution is 7.89. The molecule has 1 aliphatic rings. The van der Waals surface area contributed by atoms with Crippen LogP contribution in [-0.2, 0) is 10.0 Å². The Bertz CT molecular complexity index is 740. The molecule has 0 unspecified atom stereocenters. The molecule has 2 N–H and O–H groups in total. The Morgan fingerprint density at radius 2 is 1.54 bits per heavy atom.